The second-order valence-corrected chi connectivity index (χ2v) is 8.39. The molecular weight excluding hydrogens is 410 g/mol. The summed E-state index contributed by atoms with van der Waals surface area (Å²) in [4.78, 5) is 16.9. The minimum absolute atomic E-state index is 0.0535. The van der Waals surface area contributed by atoms with Crippen LogP contribution in [-0.2, 0) is 14.3 Å². The van der Waals surface area contributed by atoms with E-state index in [-0.39, 0.29) is 36.9 Å². The number of carbonyl (C=O) groups is 1. The predicted octanol–water partition coefficient (Wildman–Crippen LogP) is 1.48. The summed E-state index contributed by atoms with van der Waals surface area (Å²) in [6, 6.07) is -1.71. The third kappa shape index (κ3) is 6.50. The molecule has 1 amide bonds. The molecule has 12 heteroatoms. The fourth-order valence-corrected chi connectivity index (χ4v) is 3.73. The van der Waals surface area contributed by atoms with Crippen LogP contribution in [0.1, 0.15) is 46.0 Å². The van der Waals surface area contributed by atoms with Crippen molar-refractivity contribution in [1.82, 2.24) is 21.5 Å². The Morgan fingerprint density at radius 2 is 1.90 bits per heavy atom. The van der Waals surface area contributed by atoms with Gasteiger partial charge in [0.15, 0.2) is 11.7 Å². The van der Waals surface area contributed by atoms with E-state index >= 15 is 0 Å². The lowest BCUT2D eigenvalue weighted by molar-refractivity contribution is -0.153. The summed E-state index contributed by atoms with van der Waals surface area (Å²) in [5, 5.41) is 5.47. The number of guanidine groups is 1. The van der Waals surface area contributed by atoms with Crippen LogP contribution in [0.15, 0.2) is 4.99 Å². The van der Waals surface area contributed by atoms with Gasteiger partial charge in [-0.2, -0.15) is 13.2 Å². The summed E-state index contributed by atoms with van der Waals surface area (Å²) in [7, 11) is 0. The number of ether oxygens (including phenoxy) is 2. The quantitative estimate of drug-likeness (QED) is 0.301. The molecule has 2 aliphatic heterocycles. The Kier molecular flexibility index (Phi) is 7.20. The lowest BCUT2D eigenvalue weighted by atomic mass is 9.87. The molecule has 8 nitrogen and oxygen atoms in total. The molecule has 1 saturated carbocycles. The van der Waals surface area contributed by atoms with E-state index in [9.17, 15) is 22.4 Å². The normalized spacial score (nSPS) is 34.7. The molecule has 4 N–H and O–H groups in total. The first-order valence-electron chi connectivity index (χ1n) is 10.2. The number of rotatable bonds is 4. The van der Waals surface area contributed by atoms with Gasteiger partial charge >= 0.3 is 6.18 Å². The average molecular weight is 439 g/mol. The van der Waals surface area contributed by atoms with Gasteiger partial charge in [-0.05, 0) is 39.5 Å². The van der Waals surface area contributed by atoms with Crippen LogP contribution in [0, 0.1) is 5.92 Å². The summed E-state index contributed by atoms with van der Waals surface area (Å²) in [6.45, 7) is 4.01. The highest BCUT2D eigenvalue weighted by molar-refractivity contribution is 5.98. The van der Waals surface area contributed by atoms with Gasteiger partial charge in [-0.25, -0.2) is 15.2 Å². The molecule has 0 aromatic rings. The fourth-order valence-electron chi connectivity index (χ4n) is 3.73. The fraction of sp³-hybridized carbons (Fsp3) is 0.889. The summed E-state index contributed by atoms with van der Waals surface area (Å²) < 4.78 is 63.2. The van der Waals surface area contributed by atoms with Gasteiger partial charge in [-0.3, -0.25) is 15.1 Å². The maximum Gasteiger partial charge on any atom is 0.405 e. The Morgan fingerprint density at radius 3 is 2.47 bits per heavy atom. The standard InChI is InChI=1S/C18H29F4N5O3/c1-17(2)29-9-12(30-17)8-23-16(24-14-7-13(26-27-14)18(20,21)22)25-15(28)10-3-5-11(19)6-4-10/h10-14,26-27H,3-9H2,1-2H3,(H2,23,24,25,28). The van der Waals surface area contributed by atoms with Gasteiger partial charge in [-0.1, -0.05) is 0 Å². The maximum atomic E-state index is 13.3. The number of hydrogen-bond acceptors (Lipinski definition) is 6. The third-order valence-electron chi connectivity index (χ3n) is 5.40. The molecule has 0 radical (unpaired) electrons. The Bertz CT molecular complexity index is 638. The second-order valence-electron chi connectivity index (χ2n) is 8.39. The first-order valence-corrected chi connectivity index (χ1v) is 10.2. The Balaban J connectivity index is 1.61. The molecule has 3 atom stereocenters. The van der Waals surface area contributed by atoms with E-state index in [4.69, 9.17) is 9.47 Å². The molecule has 3 unspecified atom stereocenters. The van der Waals surface area contributed by atoms with E-state index in [1.54, 1.807) is 13.8 Å². The molecule has 2 saturated heterocycles. The van der Waals surface area contributed by atoms with E-state index in [1.165, 1.54) is 0 Å². The monoisotopic (exact) mass is 439 g/mol. The van der Waals surface area contributed by atoms with Gasteiger partial charge in [0.2, 0.25) is 5.91 Å². The maximum absolute atomic E-state index is 13.3. The first-order chi connectivity index (χ1) is 14.0. The number of nitrogens with zero attached hydrogens (tertiary/aromatic N) is 1. The number of halogens is 4. The number of nitrogens with one attached hydrogen (secondary N) is 4. The van der Waals surface area contributed by atoms with Crippen LogP contribution in [0.25, 0.3) is 0 Å². The van der Waals surface area contributed by atoms with Crippen molar-refractivity contribution in [3.63, 3.8) is 0 Å². The summed E-state index contributed by atoms with van der Waals surface area (Å²) in [6.07, 6.45) is -5.19. The van der Waals surface area contributed by atoms with Crippen LogP contribution in [0.5, 0.6) is 0 Å². The average Bonchev–Trinajstić information content (AvgIpc) is 3.26. The molecule has 0 bridgehead atoms. The SMILES string of the molecule is CC1(C)OCC(CN=C(NC(=O)C2CCC(F)CC2)NC2CC(C(F)(F)F)NN2)O1. The van der Waals surface area contributed by atoms with Crippen LogP contribution >= 0.6 is 0 Å². The zero-order valence-corrected chi connectivity index (χ0v) is 17.0. The predicted molar refractivity (Wildman–Crippen MR) is 99.9 cm³/mol. The van der Waals surface area contributed by atoms with Crippen LogP contribution in [0.2, 0.25) is 0 Å². The number of hydrazine groups is 1. The van der Waals surface area contributed by atoms with Crippen molar-refractivity contribution in [2.45, 2.75) is 82.4 Å². The van der Waals surface area contributed by atoms with E-state index in [0.29, 0.717) is 32.3 Å². The van der Waals surface area contributed by atoms with Gasteiger partial charge in [0, 0.05) is 12.3 Å². The number of alkyl halides is 4. The van der Waals surface area contributed by atoms with Crippen LogP contribution in [0.3, 0.4) is 0 Å². The molecule has 3 fully saturated rings. The molecular formula is C18H29F4N5O3. The zero-order chi connectivity index (χ0) is 21.9. The number of amides is 1. The van der Waals surface area contributed by atoms with Gasteiger partial charge in [0.05, 0.1) is 19.3 Å². The molecule has 2 heterocycles. The highest BCUT2D eigenvalue weighted by atomic mass is 19.4. The van der Waals surface area contributed by atoms with Crippen molar-refractivity contribution in [1.29, 1.82) is 0 Å². The number of aliphatic imine (C=N–C) groups is 1. The van der Waals surface area contributed by atoms with Crippen LogP contribution in [-0.4, -0.2) is 61.5 Å². The molecule has 0 aromatic carbocycles. The highest BCUT2D eigenvalue weighted by Gasteiger charge is 2.44. The Labute approximate surface area is 172 Å². The van der Waals surface area contributed by atoms with Gasteiger partial charge in [0.25, 0.3) is 0 Å². The molecule has 3 rings (SSSR count). The second kappa shape index (κ2) is 9.33. The van der Waals surface area contributed by atoms with Gasteiger partial charge < -0.3 is 14.8 Å². The van der Waals surface area contributed by atoms with Crippen LogP contribution < -0.4 is 21.5 Å². The van der Waals surface area contributed by atoms with Gasteiger partial charge in [-0.15, -0.1) is 0 Å². The molecule has 0 spiro atoms. The molecule has 172 valence electrons. The molecule has 3 aliphatic rings. The number of hydrogen-bond donors (Lipinski definition) is 4. The van der Waals surface area contributed by atoms with Crippen molar-refractivity contribution in [3.8, 4) is 0 Å². The van der Waals surface area contributed by atoms with Gasteiger partial charge in [0.1, 0.15) is 18.3 Å². The van der Waals surface area contributed by atoms with Crippen molar-refractivity contribution >= 4 is 11.9 Å². The molecule has 30 heavy (non-hydrogen) atoms. The minimum Gasteiger partial charge on any atom is -0.348 e. The largest absolute Gasteiger partial charge is 0.405 e. The lowest BCUT2D eigenvalue weighted by Gasteiger charge is -2.24. The van der Waals surface area contributed by atoms with E-state index in [1.807, 2.05) is 0 Å². The Morgan fingerprint density at radius 1 is 1.20 bits per heavy atom. The van der Waals surface area contributed by atoms with Crippen molar-refractivity contribution < 1.29 is 31.8 Å². The van der Waals surface area contributed by atoms with E-state index in [0.717, 1.165) is 0 Å². The smallest absolute Gasteiger partial charge is 0.348 e. The highest BCUT2D eigenvalue weighted by Crippen LogP contribution is 2.27. The van der Waals surface area contributed by atoms with Crippen molar-refractivity contribution in [2.75, 3.05) is 13.2 Å². The van der Waals surface area contributed by atoms with Crippen LogP contribution in [0.4, 0.5) is 17.6 Å². The summed E-state index contributed by atoms with van der Waals surface area (Å²) >= 11 is 0. The Hall–Kier alpha value is -1.50. The topological polar surface area (TPSA) is 96.0 Å². The molecule has 1 aliphatic carbocycles. The zero-order valence-electron chi connectivity index (χ0n) is 17.0. The number of carbonyl (C=O) groups excluding carboxylic acids is 1. The summed E-state index contributed by atoms with van der Waals surface area (Å²) in [5.74, 6) is -1.36. The molecule has 0 aromatic heterocycles. The van der Waals surface area contributed by atoms with Crippen molar-refractivity contribution in [3.05, 3.63) is 0 Å². The first kappa shape index (κ1) is 23.2. The summed E-state index contributed by atoms with van der Waals surface area (Å²) in [5.41, 5.74) is 4.71. The third-order valence-corrected chi connectivity index (χ3v) is 5.40. The van der Waals surface area contributed by atoms with E-state index < -0.39 is 30.3 Å². The van der Waals surface area contributed by atoms with Crippen molar-refractivity contribution in [2.24, 2.45) is 10.9 Å². The lowest BCUT2D eigenvalue weighted by Crippen LogP contribution is -2.52. The van der Waals surface area contributed by atoms with E-state index in [2.05, 4.69) is 26.5 Å². The minimum atomic E-state index is -4.39.